The number of rotatable bonds is 5. The highest BCUT2D eigenvalue weighted by Gasteiger charge is 2.11. The van der Waals surface area contributed by atoms with Crippen LogP contribution in [0.5, 0.6) is 17.2 Å². The number of aryl methyl sites for hydroxylation is 1. The molecule has 5 nitrogen and oxygen atoms in total. The third-order valence-corrected chi connectivity index (χ3v) is 4.43. The highest BCUT2D eigenvalue weighted by molar-refractivity contribution is 5.89. The summed E-state index contributed by atoms with van der Waals surface area (Å²) in [5.74, 6) is -0.165. The number of esters is 1. The molecule has 31 heavy (non-hydrogen) atoms. The second kappa shape index (κ2) is 8.67. The zero-order valence-electron chi connectivity index (χ0n) is 16.5. The minimum Gasteiger partial charge on any atom is -0.460 e. The van der Waals surface area contributed by atoms with Gasteiger partial charge in [0.05, 0.1) is 5.39 Å². The van der Waals surface area contributed by atoms with E-state index in [0.29, 0.717) is 16.7 Å². The van der Waals surface area contributed by atoms with E-state index in [-0.39, 0.29) is 28.3 Å². The molecule has 6 heteroatoms. The van der Waals surface area contributed by atoms with E-state index in [0.717, 1.165) is 5.56 Å². The van der Waals surface area contributed by atoms with E-state index in [4.69, 9.17) is 13.9 Å². The van der Waals surface area contributed by atoms with E-state index in [9.17, 15) is 14.0 Å². The van der Waals surface area contributed by atoms with Crippen molar-refractivity contribution in [2.75, 3.05) is 0 Å². The van der Waals surface area contributed by atoms with Gasteiger partial charge in [0.2, 0.25) is 11.2 Å². The number of hydrogen-bond acceptors (Lipinski definition) is 5. The first-order valence-electron chi connectivity index (χ1n) is 9.43. The highest BCUT2D eigenvalue weighted by atomic mass is 19.1. The van der Waals surface area contributed by atoms with Gasteiger partial charge in [-0.25, -0.2) is 9.18 Å². The van der Waals surface area contributed by atoms with E-state index in [1.54, 1.807) is 18.2 Å². The van der Waals surface area contributed by atoms with Crippen molar-refractivity contribution in [2.24, 2.45) is 0 Å². The Kier molecular flexibility index (Phi) is 5.62. The van der Waals surface area contributed by atoms with Crippen LogP contribution in [-0.2, 0) is 4.79 Å². The zero-order valence-corrected chi connectivity index (χ0v) is 16.5. The molecular formula is C25H17FO5. The van der Waals surface area contributed by atoms with Gasteiger partial charge in [-0.05, 0) is 60.5 Å². The summed E-state index contributed by atoms with van der Waals surface area (Å²) in [7, 11) is 0. The summed E-state index contributed by atoms with van der Waals surface area (Å²) in [6.07, 6.45) is 3.97. The van der Waals surface area contributed by atoms with E-state index in [1.807, 2.05) is 25.1 Å². The first kappa shape index (κ1) is 20.1. The lowest BCUT2D eigenvalue weighted by molar-refractivity contribution is -0.128. The molecule has 0 amide bonds. The lowest BCUT2D eigenvalue weighted by Crippen LogP contribution is -2.06. The van der Waals surface area contributed by atoms with Crippen LogP contribution in [0.25, 0.3) is 17.0 Å². The molecule has 0 aliphatic rings. The molecule has 154 valence electrons. The molecule has 0 atom stereocenters. The normalized spacial score (nSPS) is 11.0. The highest BCUT2D eigenvalue weighted by Crippen LogP contribution is 2.24. The van der Waals surface area contributed by atoms with Crippen molar-refractivity contribution in [2.45, 2.75) is 6.92 Å². The van der Waals surface area contributed by atoms with Crippen molar-refractivity contribution in [1.82, 2.24) is 0 Å². The Bertz CT molecular complexity index is 1340. The number of carbonyl (C=O) groups excluding carboxylic acids is 1. The summed E-state index contributed by atoms with van der Waals surface area (Å²) in [5.41, 5.74) is 1.58. The summed E-state index contributed by atoms with van der Waals surface area (Å²) in [5, 5.41) is 0.298. The molecule has 0 unspecified atom stereocenters. The van der Waals surface area contributed by atoms with Crippen molar-refractivity contribution >= 4 is 23.0 Å². The fraction of sp³-hybridized carbons (Fsp3) is 0.0400. The van der Waals surface area contributed by atoms with Gasteiger partial charge >= 0.3 is 5.97 Å². The third-order valence-electron chi connectivity index (χ3n) is 4.43. The molecule has 0 aliphatic heterocycles. The van der Waals surface area contributed by atoms with Crippen LogP contribution in [0, 0.1) is 12.7 Å². The van der Waals surface area contributed by atoms with Gasteiger partial charge in [-0.1, -0.05) is 24.3 Å². The molecule has 0 fully saturated rings. The van der Waals surface area contributed by atoms with Crippen molar-refractivity contribution in [3.8, 4) is 17.2 Å². The molecule has 0 spiro atoms. The number of carbonyl (C=O) groups is 1. The number of hydrogen-bond donors (Lipinski definition) is 0. The van der Waals surface area contributed by atoms with Gasteiger partial charge < -0.3 is 13.9 Å². The molecule has 1 heterocycles. The molecule has 3 aromatic carbocycles. The van der Waals surface area contributed by atoms with Gasteiger partial charge in [0.1, 0.15) is 29.2 Å². The minimum absolute atomic E-state index is 0.0603. The Hall–Kier alpha value is -4.19. The predicted octanol–water partition coefficient (Wildman–Crippen LogP) is 5.65. The summed E-state index contributed by atoms with van der Waals surface area (Å²) >= 11 is 0. The lowest BCUT2D eigenvalue weighted by Gasteiger charge is -2.07. The standard InChI is InChI=1S/C25H17FO5/c1-16-3-2-4-19(13-16)30-23-15-29-22-14-20(10-11-21(22)25(23)28)31-24(27)12-7-17-5-8-18(26)9-6-17/h2-15H,1H3/b12-7+. The zero-order chi connectivity index (χ0) is 21.8. The van der Waals surface area contributed by atoms with Crippen LogP contribution in [0.4, 0.5) is 4.39 Å². The van der Waals surface area contributed by atoms with Gasteiger partial charge in [-0.15, -0.1) is 0 Å². The molecule has 4 aromatic rings. The summed E-state index contributed by atoms with van der Waals surface area (Å²) in [4.78, 5) is 24.7. The number of ether oxygens (including phenoxy) is 2. The predicted molar refractivity (Wildman–Crippen MR) is 115 cm³/mol. The van der Waals surface area contributed by atoms with Gasteiger partial charge in [-0.3, -0.25) is 4.79 Å². The first-order chi connectivity index (χ1) is 15.0. The molecule has 0 radical (unpaired) electrons. The number of benzene rings is 3. The average molecular weight is 416 g/mol. The van der Waals surface area contributed by atoms with Crippen LogP contribution in [-0.4, -0.2) is 5.97 Å². The van der Waals surface area contributed by atoms with Crippen molar-refractivity contribution in [3.05, 3.63) is 106 Å². The summed E-state index contributed by atoms with van der Waals surface area (Å²) < 4.78 is 29.3. The Labute approximate surface area is 177 Å². The van der Waals surface area contributed by atoms with Gasteiger partial charge in [0.25, 0.3) is 0 Å². The Morgan fingerprint density at radius 3 is 2.58 bits per heavy atom. The maximum Gasteiger partial charge on any atom is 0.336 e. The van der Waals surface area contributed by atoms with Crippen LogP contribution < -0.4 is 14.9 Å². The maximum absolute atomic E-state index is 12.9. The van der Waals surface area contributed by atoms with Gasteiger partial charge in [-0.2, -0.15) is 0 Å². The lowest BCUT2D eigenvalue weighted by atomic mass is 10.2. The minimum atomic E-state index is -0.620. The Morgan fingerprint density at radius 2 is 1.81 bits per heavy atom. The molecule has 0 saturated carbocycles. The van der Waals surface area contributed by atoms with E-state index in [2.05, 4.69) is 0 Å². The monoisotopic (exact) mass is 416 g/mol. The number of fused-ring (bicyclic) bond motifs is 1. The van der Waals surface area contributed by atoms with Crippen molar-refractivity contribution in [3.63, 3.8) is 0 Å². The van der Waals surface area contributed by atoms with Crippen molar-refractivity contribution in [1.29, 1.82) is 0 Å². The molecule has 0 bridgehead atoms. The topological polar surface area (TPSA) is 65.7 Å². The second-order valence-corrected chi connectivity index (χ2v) is 6.81. The van der Waals surface area contributed by atoms with E-state index in [1.165, 1.54) is 48.7 Å². The molecule has 1 aromatic heterocycles. The van der Waals surface area contributed by atoms with Crippen LogP contribution >= 0.6 is 0 Å². The molecule has 0 aliphatic carbocycles. The summed E-state index contributed by atoms with van der Waals surface area (Å²) in [6.45, 7) is 1.92. The summed E-state index contributed by atoms with van der Waals surface area (Å²) in [6, 6.07) is 17.5. The number of halogens is 1. The second-order valence-electron chi connectivity index (χ2n) is 6.81. The molecular weight excluding hydrogens is 399 g/mol. The molecule has 0 saturated heterocycles. The Morgan fingerprint density at radius 1 is 1.00 bits per heavy atom. The van der Waals surface area contributed by atoms with E-state index < -0.39 is 5.97 Å². The molecule has 4 rings (SSSR count). The van der Waals surface area contributed by atoms with Crippen LogP contribution in [0.15, 0.2) is 88.3 Å². The SMILES string of the molecule is Cc1cccc(Oc2coc3cc(OC(=O)/C=C/c4ccc(F)cc4)ccc3c2=O)c1. The smallest absolute Gasteiger partial charge is 0.336 e. The quantitative estimate of drug-likeness (QED) is 0.239. The fourth-order valence-electron chi connectivity index (χ4n) is 2.92. The van der Waals surface area contributed by atoms with Crippen LogP contribution in [0.2, 0.25) is 0 Å². The average Bonchev–Trinajstić information content (AvgIpc) is 2.75. The van der Waals surface area contributed by atoms with Gasteiger partial charge in [0.15, 0.2) is 0 Å². The maximum atomic E-state index is 12.9. The fourth-order valence-corrected chi connectivity index (χ4v) is 2.92. The molecule has 0 N–H and O–H groups in total. The van der Waals surface area contributed by atoms with Crippen LogP contribution in [0.1, 0.15) is 11.1 Å². The Balaban J connectivity index is 1.51. The first-order valence-corrected chi connectivity index (χ1v) is 9.43. The largest absolute Gasteiger partial charge is 0.460 e. The third kappa shape index (κ3) is 4.87. The van der Waals surface area contributed by atoms with E-state index >= 15 is 0 Å². The van der Waals surface area contributed by atoms with Crippen molar-refractivity contribution < 1.29 is 23.1 Å². The van der Waals surface area contributed by atoms with Gasteiger partial charge in [0, 0.05) is 12.1 Å². The van der Waals surface area contributed by atoms with Crippen LogP contribution in [0.3, 0.4) is 0 Å².